The van der Waals surface area contributed by atoms with Crippen LogP contribution in [0.4, 0.5) is 5.69 Å². The zero-order valence-electron chi connectivity index (χ0n) is 12.5. The van der Waals surface area contributed by atoms with Crippen LogP contribution in [0.15, 0.2) is 16.3 Å². The summed E-state index contributed by atoms with van der Waals surface area (Å²) in [7, 11) is -3.62. The molecule has 7 heteroatoms. The largest absolute Gasteiger partial charge is 0.398 e. The van der Waals surface area contributed by atoms with Crippen molar-refractivity contribution < 1.29 is 8.42 Å². The van der Waals surface area contributed by atoms with E-state index in [1.807, 2.05) is 19.2 Å². The zero-order chi connectivity index (χ0) is 15.8. The normalized spacial score (nSPS) is 11.8. The van der Waals surface area contributed by atoms with Gasteiger partial charge in [0.15, 0.2) is 0 Å². The maximum atomic E-state index is 12.6. The highest BCUT2D eigenvalue weighted by molar-refractivity contribution is 7.89. The maximum Gasteiger partial charge on any atom is 0.241 e. The van der Waals surface area contributed by atoms with Gasteiger partial charge in [-0.05, 0) is 50.5 Å². The summed E-state index contributed by atoms with van der Waals surface area (Å²) in [5.74, 6) is 0. The highest BCUT2D eigenvalue weighted by atomic mass is 32.2. The lowest BCUT2D eigenvalue weighted by atomic mass is 10.1. The lowest BCUT2D eigenvalue weighted by Gasteiger charge is -2.15. The van der Waals surface area contributed by atoms with Crippen LogP contribution in [0.1, 0.15) is 27.4 Å². The highest BCUT2D eigenvalue weighted by Crippen LogP contribution is 2.27. The predicted molar refractivity (Wildman–Crippen MR) is 85.9 cm³/mol. The van der Waals surface area contributed by atoms with Crippen molar-refractivity contribution in [3.05, 3.63) is 38.8 Å². The number of thiazole rings is 1. The number of nitrogens with two attached hydrogens (primary N) is 1. The molecule has 0 saturated heterocycles. The third-order valence-corrected chi connectivity index (χ3v) is 5.95. The van der Waals surface area contributed by atoms with Gasteiger partial charge < -0.3 is 5.73 Å². The number of sulfonamides is 1. The molecule has 2 aromatic rings. The molecule has 0 aliphatic rings. The van der Waals surface area contributed by atoms with E-state index < -0.39 is 10.0 Å². The fraction of sp³-hybridized carbons (Fsp3) is 0.357. The SMILES string of the molecule is Cc1nc(CNS(=O)(=O)c2c(C)c(C)cc(N)c2C)cs1. The van der Waals surface area contributed by atoms with Crippen LogP contribution >= 0.6 is 11.3 Å². The molecular formula is C14H19N3O2S2. The Kier molecular flexibility index (Phi) is 4.36. The van der Waals surface area contributed by atoms with E-state index in [0.29, 0.717) is 11.3 Å². The van der Waals surface area contributed by atoms with Crippen LogP contribution < -0.4 is 10.5 Å². The number of benzene rings is 1. The average Bonchev–Trinajstić information content (AvgIpc) is 2.80. The Labute approximate surface area is 129 Å². The standard InChI is InChI=1S/C14H19N3O2S2/c1-8-5-13(15)10(3)14(9(8)2)21(18,19)16-6-12-7-20-11(4)17-12/h5,7,16H,6,15H2,1-4H3. The van der Waals surface area contributed by atoms with Gasteiger partial charge in [0, 0.05) is 11.1 Å². The Bertz CT molecular complexity index is 754. The van der Waals surface area contributed by atoms with Gasteiger partial charge in [-0.3, -0.25) is 0 Å². The van der Waals surface area contributed by atoms with Crippen LogP contribution in [-0.2, 0) is 16.6 Å². The first-order valence-electron chi connectivity index (χ1n) is 6.49. The average molecular weight is 325 g/mol. The summed E-state index contributed by atoms with van der Waals surface area (Å²) in [6, 6.07) is 1.80. The van der Waals surface area contributed by atoms with Gasteiger partial charge in [0.1, 0.15) is 0 Å². The van der Waals surface area contributed by atoms with Crippen LogP contribution in [0.3, 0.4) is 0 Å². The summed E-state index contributed by atoms with van der Waals surface area (Å²) in [5.41, 5.74) is 9.28. The number of nitrogen functional groups attached to an aromatic ring is 1. The van der Waals surface area contributed by atoms with E-state index in [2.05, 4.69) is 9.71 Å². The number of hydrogen-bond donors (Lipinski definition) is 2. The quantitative estimate of drug-likeness (QED) is 0.846. The van der Waals surface area contributed by atoms with Crippen LogP contribution in [0.2, 0.25) is 0 Å². The Hall–Kier alpha value is -1.44. The topological polar surface area (TPSA) is 85.1 Å². The summed E-state index contributed by atoms with van der Waals surface area (Å²) in [6.45, 7) is 7.44. The summed E-state index contributed by atoms with van der Waals surface area (Å²) in [5, 5.41) is 2.76. The molecule has 0 radical (unpaired) electrons. The van der Waals surface area contributed by atoms with Crippen LogP contribution in [-0.4, -0.2) is 13.4 Å². The minimum Gasteiger partial charge on any atom is -0.398 e. The molecule has 0 aliphatic carbocycles. The van der Waals surface area contributed by atoms with Gasteiger partial charge >= 0.3 is 0 Å². The van der Waals surface area contributed by atoms with E-state index in [1.54, 1.807) is 19.9 Å². The molecule has 0 saturated carbocycles. The first kappa shape index (κ1) is 15.9. The van der Waals surface area contributed by atoms with E-state index >= 15 is 0 Å². The molecule has 21 heavy (non-hydrogen) atoms. The first-order valence-corrected chi connectivity index (χ1v) is 8.85. The van der Waals surface area contributed by atoms with Crippen LogP contribution in [0.25, 0.3) is 0 Å². The lowest BCUT2D eigenvalue weighted by molar-refractivity contribution is 0.579. The van der Waals surface area contributed by atoms with Crippen molar-refractivity contribution in [2.45, 2.75) is 39.1 Å². The number of rotatable bonds is 4. The summed E-state index contributed by atoms with van der Waals surface area (Å²) in [4.78, 5) is 4.52. The summed E-state index contributed by atoms with van der Waals surface area (Å²) < 4.78 is 27.7. The minimum absolute atomic E-state index is 0.180. The molecule has 1 heterocycles. The fourth-order valence-electron chi connectivity index (χ4n) is 2.17. The maximum absolute atomic E-state index is 12.6. The second-order valence-electron chi connectivity index (χ2n) is 5.04. The molecule has 0 fully saturated rings. The third-order valence-electron chi connectivity index (χ3n) is 3.46. The van der Waals surface area contributed by atoms with Gasteiger partial charge in [0.25, 0.3) is 0 Å². The van der Waals surface area contributed by atoms with Gasteiger partial charge in [-0.2, -0.15) is 0 Å². The number of hydrogen-bond acceptors (Lipinski definition) is 5. The van der Waals surface area contributed by atoms with Crippen molar-refractivity contribution in [3.63, 3.8) is 0 Å². The lowest BCUT2D eigenvalue weighted by Crippen LogP contribution is -2.25. The minimum atomic E-state index is -3.62. The van der Waals surface area contributed by atoms with Crippen LogP contribution in [0.5, 0.6) is 0 Å². The molecule has 5 nitrogen and oxygen atoms in total. The molecule has 1 aromatic heterocycles. The second-order valence-corrected chi connectivity index (χ2v) is 7.81. The van der Waals surface area contributed by atoms with Crippen molar-refractivity contribution >= 4 is 27.0 Å². The Morgan fingerprint density at radius 2 is 1.90 bits per heavy atom. The monoisotopic (exact) mass is 325 g/mol. The number of aryl methyl sites for hydroxylation is 2. The van der Waals surface area contributed by atoms with Gasteiger partial charge in [-0.15, -0.1) is 11.3 Å². The van der Waals surface area contributed by atoms with E-state index in [9.17, 15) is 8.42 Å². The smallest absolute Gasteiger partial charge is 0.241 e. The van der Waals surface area contributed by atoms with Crippen LogP contribution in [0, 0.1) is 27.7 Å². The molecule has 2 rings (SSSR count). The van der Waals surface area contributed by atoms with E-state index in [-0.39, 0.29) is 11.4 Å². The number of nitrogens with zero attached hydrogens (tertiary/aromatic N) is 1. The van der Waals surface area contributed by atoms with Crippen molar-refractivity contribution in [2.24, 2.45) is 0 Å². The zero-order valence-corrected chi connectivity index (χ0v) is 14.2. The highest BCUT2D eigenvalue weighted by Gasteiger charge is 2.22. The van der Waals surface area contributed by atoms with E-state index in [0.717, 1.165) is 21.8 Å². The van der Waals surface area contributed by atoms with E-state index in [1.165, 1.54) is 11.3 Å². The molecule has 114 valence electrons. The van der Waals surface area contributed by atoms with Crippen molar-refractivity contribution in [1.29, 1.82) is 0 Å². The fourth-order valence-corrected chi connectivity index (χ4v) is 4.35. The number of aromatic nitrogens is 1. The van der Waals surface area contributed by atoms with Crippen molar-refractivity contribution in [1.82, 2.24) is 9.71 Å². The molecule has 0 unspecified atom stereocenters. The summed E-state index contributed by atoms with van der Waals surface area (Å²) >= 11 is 1.50. The molecule has 3 N–H and O–H groups in total. The van der Waals surface area contributed by atoms with Crippen molar-refractivity contribution in [3.8, 4) is 0 Å². The van der Waals surface area contributed by atoms with Gasteiger partial charge in [-0.25, -0.2) is 18.1 Å². The summed E-state index contributed by atoms with van der Waals surface area (Å²) in [6.07, 6.45) is 0. The molecule has 0 amide bonds. The third kappa shape index (κ3) is 3.25. The molecule has 1 aromatic carbocycles. The molecule has 0 aliphatic heterocycles. The van der Waals surface area contributed by atoms with Crippen molar-refractivity contribution in [2.75, 3.05) is 5.73 Å². The van der Waals surface area contributed by atoms with Gasteiger partial charge in [0.05, 0.1) is 22.1 Å². The Morgan fingerprint density at radius 3 is 2.48 bits per heavy atom. The van der Waals surface area contributed by atoms with E-state index in [4.69, 9.17) is 5.73 Å². The Morgan fingerprint density at radius 1 is 1.24 bits per heavy atom. The Balaban J connectivity index is 2.36. The molecule has 0 spiro atoms. The molecular weight excluding hydrogens is 306 g/mol. The number of anilines is 1. The molecule has 0 atom stereocenters. The number of nitrogens with one attached hydrogen (secondary N) is 1. The molecule has 0 bridgehead atoms. The predicted octanol–water partition coefficient (Wildman–Crippen LogP) is 2.44. The second kappa shape index (κ2) is 5.75. The van der Waals surface area contributed by atoms with Gasteiger partial charge in [0.2, 0.25) is 10.0 Å². The van der Waals surface area contributed by atoms with Gasteiger partial charge in [-0.1, -0.05) is 0 Å². The first-order chi connectivity index (χ1) is 9.72.